The summed E-state index contributed by atoms with van der Waals surface area (Å²) < 4.78 is 53.9. The molecule has 0 saturated heterocycles. The Morgan fingerprint density at radius 2 is 1.96 bits per heavy atom. The van der Waals surface area contributed by atoms with E-state index in [1.165, 1.54) is 18.4 Å². The molecule has 0 aliphatic rings. The lowest BCUT2D eigenvalue weighted by Gasteiger charge is -2.19. The van der Waals surface area contributed by atoms with Gasteiger partial charge in [-0.1, -0.05) is 29.3 Å². The number of aryl methyl sites for hydroxylation is 1. The summed E-state index contributed by atoms with van der Waals surface area (Å²) in [6, 6.07) is 2.26. The number of halogens is 5. The molecule has 0 aliphatic heterocycles. The molecule has 2 aromatic heterocycles. The second-order valence-corrected chi connectivity index (χ2v) is 7.91. The molecule has 2 atom stereocenters. The molecule has 3 aromatic rings. The zero-order chi connectivity index (χ0) is 20.6. The van der Waals surface area contributed by atoms with Crippen molar-refractivity contribution in [2.75, 3.05) is 11.6 Å². The highest BCUT2D eigenvalue weighted by Crippen LogP contribution is 2.34. The van der Waals surface area contributed by atoms with Gasteiger partial charge in [-0.05, 0) is 13.0 Å². The molecule has 2 N–H and O–H groups in total. The van der Waals surface area contributed by atoms with E-state index in [4.69, 9.17) is 23.2 Å². The van der Waals surface area contributed by atoms with Crippen LogP contribution in [0.5, 0.6) is 0 Å². The molecule has 0 saturated carbocycles. The van der Waals surface area contributed by atoms with E-state index in [0.29, 0.717) is 11.8 Å². The average Bonchev–Trinajstić information content (AvgIpc) is 3.02. The Bertz CT molecular complexity index is 1080. The molecule has 0 spiro atoms. The molecule has 0 unspecified atom stereocenters. The largest absolute Gasteiger partial charge is 0.354 e. The summed E-state index contributed by atoms with van der Waals surface area (Å²) in [6.07, 6.45) is 2.25. The summed E-state index contributed by atoms with van der Waals surface area (Å²) in [6.45, 7) is 1.65. The Morgan fingerprint density at radius 1 is 1.25 bits per heavy atom. The van der Waals surface area contributed by atoms with Gasteiger partial charge >= 0.3 is 0 Å². The Balaban J connectivity index is 2.15. The SMILES string of the molecule is Cc1[nH]c([C@H](Nc2ncc(F)cc2F)c2ccc(Cl)c(Cl)c2F)nc1[S@@](C)=O. The second-order valence-electron chi connectivity index (χ2n) is 5.83. The normalized spacial score (nSPS) is 13.4. The maximum absolute atomic E-state index is 14.8. The van der Waals surface area contributed by atoms with Crippen LogP contribution in [0.2, 0.25) is 10.0 Å². The van der Waals surface area contributed by atoms with Crippen LogP contribution in [0.1, 0.15) is 23.1 Å². The van der Waals surface area contributed by atoms with Crippen molar-refractivity contribution in [2.24, 2.45) is 0 Å². The van der Waals surface area contributed by atoms with Crippen LogP contribution in [0.3, 0.4) is 0 Å². The van der Waals surface area contributed by atoms with Crippen LogP contribution in [0.4, 0.5) is 19.0 Å². The number of nitrogens with zero attached hydrogens (tertiary/aromatic N) is 2. The van der Waals surface area contributed by atoms with Gasteiger partial charge in [0.2, 0.25) is 0 Å². The maximum Gasteiger partial charge on any atom is 0.168 e. The fraction of sp³-hybridized carbons (Fsp3) is 0.176. The number of pyridine rings is 1. The minimum atomic E-state index is -1.41. The number of nitrogens with one attached hydrogen (secondary N) is 2. The molecule has 11 heteroatoms. The summed E-state index contributed by atoms with van der Waals surface area (Å²) in [5, 5.41) is 2.63. The smallest absolute Gasteiger partial charge is 0.168 e. The molecular weight excluding hydrogens is 436 g/mol. The number of imidazole rings is 1. The molecule has 0 amide bonds. The number of rotatable bonds is 5. The fourth-order valence-corrected chi connectivity index (χ4v) is 3.63. The molecule has 1 aromatic carbocycles. The second kappa shape index (κ2) is 8.10. The van der Waals surface area contributed by atoms with Crippen LogP contribution in [-0.4, -0.2) is 25.4 Å². The van der Waals surface area contributed by atoms with Crippen LogP contribution in [-0.2, 0) is 10.8 Å². The average molecular weight is 449 g/mol. The molecular formula is C17H13Cl2F3N4OS. The van der Waals surface area contributed by atoms with E-state index in [1.807, 2.05) is 0 Å². The van der Waals surface area contributed by atoms with Crippen molar-refractivity contribution >= 4 is 39.8 Å². The number of aromatic nitrogens is 3. The van der Waals surface area contributed by atoms with E-state index in [0.717, 1.165) is 6.20 Å². The Kier molecular flexibility index (Phi) is 5.97. The zero-order valence-electron chi connectivity index (χ0n) is 14.5. The summed E-state index contributed by atoms with van der Waals surface area (Å²) in [5.74, 6) is -2.87. The van der Waals surface area contributed by atoms with Gasteiger partial charge in [-0.15, -0.1) is 0 Å². The van der Waals surface area contributed by atoms with Gasteiger partial charge < -0.3 is 10.3 Å². The van der Waals surface area contributed by atoms with E-state index in [1.54, 1.807) is 6.92 Å². The van der Waals surface area contributed by atoms with Gasteiger partial charge in [0, 0.05) is 23.6 Å². The fourth-order valence-electron chi connectivity index (χ4n) is 2.60. The first-order valence-corrected chi connectivity index (χ1v) is 10.1. The quantitative estimate of drug-likeness (QED) is 0.551. The van der Waals surface area contributed by atoms with Crippen LogP contribution in [0.15, 0.2) is 29.4 Å². The predicted octanol–water partition coefficient (Wildman–Crippen LogP) is 4.78. The lowest BCUT2D eigenvalue weighted by Crippen LogP contribution is -2.18. The van der Waals surface area contributed by atoms with Crippen molar-refractivity contribution < 1.29 is 17.4 Å². The van der Waals surface area contributed by atoms with Crippen LogP contribution in [0, 0.1) is 24.4 Å². The van der Waals surface area contributed by atoms with E-state index in [9.17, 15) is 17.4 Å². The van der Waals surface area contributed by atoms with Gasteiger partial charge in [0.25, 0.3) is 0 Å². The van der Waals surface area contributed by atoms with Gasteiger partial charge in [0.15, 0.2) is 11.6 Å². The van der Waals surface area contributed by atoms with Crippen molar-refractivity contribution in [1.29, 1.82) is 0 Å². The number of aromatic amines is 1. The van der Waals surface area contributed by atoms with Crippen molar-refractivity contribution in [3.05, 3.63) is 69.0 Å². The van der Waals surface area contributed by atoms with Crippen LogP contribution >= 0.6 is 23.2 Å². The number of anilines is 1. The molecule has 0 bridgehead atoms. The summed E-state index contributed by atoms with van der Waals surface area (Å²) in [5.41, 5.74) is 0.484. The minimum absolute atomic E-state index is 0.00118. The van der Waals surface area contributed by atoms with Crippen LogP contribution in [0.25, 0.3) is 0 Å². The van der Waals surface area contributed by atoms with Gasteiger partial charge in [0.1, 0.15) is 28.5 Å². The van der Waals surface area contributed by atoms with E-state index in [-0.39, 0.29) is 32.3 Å². The molecule has 0 radical (unpaired) electrons. The summed E-state index contributed by atoms with van der Waals surface area (Å²) in [4.78, 5) is 10.8. The van der Waals surface area contributed by atoms with Crippen molar-refractivity contribution in [3.8, 4) is 0 Å². The van der Waals surface area contributed by atoms with Crippen molar-refractivity contribution in [1.82, 2.24) is 15.0 Å². The molecule has 148 valence electrons. The monoisotopic (exact) mass is 448 g/mol. The third-order valence-electron chi connectivity index (χ3n) is 3.87. The molecule has 0 aliphatic carbocycles. The summed E-state index contributed by atoms with van der Waals surface area (Å²) in [7, 11) is -1.41. The zero-order valence-corrected chi connectivity index (χ0v) is 16.8. The lowest BCUT2D eigenvalue weighted by molar-refractivity contribution is 0.571. The van der Waals surface area contributed by atoms with Gasteiger partial charge in [-0.2, -0.15) is 0 Å². The third kappa shape index (κ3) is 4.01. The third-order valence-corrected chi connectivity index (χ3v) is 5.59. The number of H-pyrrole nitrogens is 1. The Morgan fingerprint density at radius 3 is 2.57 bits per heavy atom. The van der Waals surface area contributed by atoms with E-state index in [2.05, 4.69) is 20.3 Å². The standard InChI is InChI=1S/C17H13Cl2F3N4OS/c1-7-17(28(2)27)26-16(24-7)14(9-3-4-10(18)12(19)13(9)22)25-15-11(21)5-8(20)6-23-15/h3-6,14H,1-2H3,(H,23,25)(H,24,26)/t14-,28-/m1/s1. The highest BCUT2D eigenvalue weighted by atomic mass is 35.5. The molecule has 2 heterocycles. The molecule has 28 heavy (non-hydrogen) atoms. The van der Waals surface area contributed by atoms with Crippen molar-refractivity contribution in [2.45, 2.75) is 18.0 Å². The molecule has 3 rings (SSSR count). The highest BCUT2D eigenvalue weighted by Gasteiger charge is 2.26. The van der Waals surface area contributed by atoms with Crippen molar-refractivity contribution in [3.63, 3.8) is 0 Å². The number of hydrogen-bond acceptors (Lipinski definition) is 4. The topological polar surface area (TPSA) is 70.7 Å². The highest BCUT2D eigenvalue weighted by molar-refractivity contribution is 7.84. The lowest BCUT2D eigenvalue weighted by atomic mass is 10.1. The molecule has 0 fully saturated rings. The van der Waals surface area contributed by atoms with Gasteiger partial charge in [-0.3, -0.25) is 4.21 Å². The maximum atomic E-state index is 14.8. The first kappa shape index (κ1) is 20.6. The van der Waals surface area contributed by atoms with E-state index < -0.39 is 34.3 Å². The summed E-state index contributed by atoms with van der Waals surface area (Å²) >= 11 is 11.7. The predicted molar refractivity (Wildman–Crippen MR) is 102 cm³/mol. The van der Waals surface area contributed by atoms with E-state index >= 15 is 0 Å². The molecule has 5 nitrogen and oxygen atoms in total. The minimum Gasteiger partial charge on any atom is -0.354 e. The Labute approximate surface area is 170 Å². The van der Waals surface area contributed by atoms with Gasteiger partial charge in [0.05, 0.1) is 27.0 Å². The number of hydrogen-bond donors (Lipinski definition) is 2. The first-order valence-electron chi connectivity index (χ1n) is 7.80. The first-order chi connectivity index (χ1) is 13.2. The van der Waals surface area contributed by atoms with Gasteiger partial charge in [-0.25, -0.2) is 23.1 Å². The van der Waals surface area contributed by atoms with Crippen LogP contribution < -0.4 is 5.32 Å². The Hall–Kier alpha value is -2.10. The number of benzene rings is 1.